The molecule has 0 spiro atoms. The molecule has 0 bridgehead atoms. The summed E-state index contributed by atoms with van der Waals surface area (Å²) in [7, 11) is 1.56. The molecule has 0 aliphatic rings. The van der Waals surface area contributed by atoms with Crippen LogP contribution in [0.3, 0.4) is 0 Å². The van der Waals surface area contributed by atoms with Crippen molar-refractivity contribution in [1.82, 2.24) is 9.78 Å². The third-order valence-corrected chi connectivity index (χ3v) is 1.03. The highest BCUT2D eigenvalue weighted by Crippen LogP contribution is 2.02. The Morgan fingerprint density at radius 2 is 2.64 bits per heavy atom. The fraction of sp³-hybridized carbons (Fsp3) is 0.250. The first kappa shape index (κ1) is 7.23. The Morgan fingerprint density at radius 1 is 1.91 bits per heavy atom. The Morgan fingerprint density at radius 3 is 3.09 bits per heavy atom. The molecule has 1 N–H and O–H groups in total. The molecule has 0 aromatic carbocycles. The number of rotatable bonds is 2. The van der Waals surface area contributed by atoms with Crippen molar-refractivity contribution in [2.45, 2.75) is 0 Å². The van der Waals surface area contributed by atoms with E-state index in [1.807, 2.05) is 0 Å². The molecule has 0 unspecified atom stereocenters. The molecule has 0 saturated carbocycles. The van der Waals surface area contributed by atoms with E-state index in [2.05, 4.69) is 20.1 Å². The molecule has 0 atom stereocenters. The Kier molecular flexibility index (Phi) is 1.84. The second-order valence-electron chi connectivity index (χ2n) is 1.78. The van der Waals surface area contributed by atoms with E-state index >= 15 is 0 Å². The van der Waals surface area contributed by atoms with Gasteiger partial charge in [-0.3, -0.25) is 14.6 Å². The van der Waals surface area contributed by atoms with Crippen LogP contribution in [0.5, 0.6) is 5.88 Å². The zero-order valence-corrected chi connectivity index (χ0v) is 5.68. The largest absolute Gasteiger partial charge is 0.374 e. The minimum atomic E-state index is -0.310. The average molecular weight is 155 g/mol. The second kappa shape index (κ2) is 2.80. The summed E-state index contributed by atoms with van der Waals surface area (Å²) < 4.78 is 1.30. The molecule has 58 valence electrons. The fourth-order valence-electron chi connectivity index (χ4n) is 0.609. The number of hydrogen-bond donors (Lipinski definition) is 1. The van der Waals surface area contributed by atoms with Crippen molar-refractivity contribution in [2.75, 3.05) is 0 Å². The van der Waals surface area contributed by atoms with Crippen LogP contribution >= 0.6 is 0 Å². The van der Waals surface area contributed by atoms with Gasteiger partial charge in [0.25, 0.3) is 5.56 Å². The van der Waals surface area contributed by atoms with Crippen LogP contribution < -0.4 is 10.4 Å². The van der Waals surface area contributed by atoms with Crippen LogP contribution in [0.1, 0.15) is 0 Å². The monoisotopic (exact) mass is 155 g/mol. The van der Waals surface area contributed by atoms with E-state index in [9.17, 15) is 4.79 Å². The first-order valence-corrected chi connectivity index (χ1v) is 2.71. The van der Waals surface area contributed by atoms with E-state index in [1.54, 1.807) is 7.05 Å². The SMILES string of the molecule is Cn1[nH]c(=O)cc1ON=[N+]=[N-]. The summed E-state index contributed by atoms with van der Waals surface area (Å²) in [4.78, 5) is 17.4. The Balaban J connectivity index is 2.94. The first-order valence-electron chi connectivity index (χ1n) is 2.71. The maximum absolute atomic E-state index is 10.6. The van der Waals surface area contributed by atoms with E-state index in [4.69, 9.17) is 5.53 Å². The topological polar surface area (TPSA) is 95.8 Å². The molecule has 1 aromatic rings. The second-order valence-corrected chi connectivity index (χ2v) is 1.78. The maximum atomic E-state index is 10.6. The van der Waals surface area contributed by atoms with Crippen LogP contribution in [0.4, 0.5) is 0 Å². The summed E-state index contributed by atoms with van der Waals surface area (Å²) in [6.07, 6.45) is 0. The van der Waals surface area contributed by atoms with Crippen LogP contribution in [0, 0.1) is 0 Å². The third kappa shape index (κ3) is 1.53. The lowest BCUT2D eigenvalue weighted by Gasteiger charge is -1.95. The van der Waals surface area contributed by atoms with Gasteiger partial charge in [0.2, 0.25) is 5.88 Å². The van der Waals surface area contributed by atoms with Crippen LogP contribution in [-0.2, 0) is 7.05 Å². The van der Waals surface area contributed by atoms with Crippen molar-refractivity contribution < 1.29 is 4.84 Å². The zero-order valence-electron chi connectivity index (χ0n) is 5.68. The first-order chi connectivity index (χ1) is 5.24. The van der Waals surface area contributed by atoms with Crippen LogP contribution in [0.15, 0.2) is 16.1 Å². The summed E-state index contributed by atoms with van der Waals surface area (Å²) in [6.45, 7) is 0. The molecule has 7 heteroatoms. The zero-order chi connectivity index (χ0) is 8.27. The predicted octanol–water partition coefficient (Wildman–Crippen LogP) is 0.317. The van der Waals surface area contributed by atoms with Gasteiger partial charge >= 0.3 is 0 Å². The summed E-state index contributed by atoms with van der Waals surface area (Å²) in [5.74, 6) is 0.174. The number of azide groups is 1. The minimum Gasteiger partial charge on any atom is -0.374 e. The van der Waals surface area contributed by atoms with Gasteiger partial charge in [-0.05, 0) is 5.53 Å². The molecule has 0 saturated heterocycles. The molecule has 1 aromatic heterocycles. The molecule has 0 aliphatic carbocycles. The summed E-state index contributed by atoms with van der Waals surface area (Å²) in [5.41, 5.74) is 7.55. The van der Waals surface area contributed by atoms with Crippen molar-refractivity contribution in [1.29, 1.82) is 0 Å². The van der Waals surface area contributed by atoms with Crippen LogP contribution in [-0.4, -0.2) is 9.78 Å². The van der Waals surface area contributed by atoms with Gasteiger partial charge in [0.1, 0.15) is 5.28 Å². The number of aromatic amines is 1. The van der Waals surface area contributed by atoms with Gasteiger partial charge in [0.15, 0.2) is 0 Å². The van der Waals surface area contributed by atoms with Gasteiger partial charge in [0.05, 0.1) is 6.07 Å². The summed E-state index contributed by atoms with van der Waals surface area (Å²) in [5, 5.41) is 5.19. The Bertz CT molecular complexity index is 344. The molecule has 0 radical (unpaired) electrons. The lowest BCUT2D eigenvalue weighted by atomic mass is 10.7. The lowest BCUT2D eigenvalue weighted by molar-refractivity contribution is 0.302. The number of aromatic nitrogens is 2. The molecule has 0 fully saturated rings. The van der Waals surface area contributed by atoms with Crippen molar-refractivity contribution >= 4 is 0 Å². The molecule has 1 heterocycles. The van der Waals surface area contributed by atoms with E-state index < -0.39 is 0 Å². The highest BCUT2D eigenvalue weighted by molar-refractivity contribution is 5.06. The molecule has 1 rings (SSSR count). The van der Waals surface area contributed by atoms with Crippen molar-refractivity contribution in [3.05, 3.63) is 26.9 Å². The Labute approximate surface area is 60.8 Å². The van der Waals surface area contributed by atoms with Gasteiger partial charge < -0.3 is 4.84 Å². The predicted molar refractivity (Wildman–Crippen MR) is 35.8 cm³/mol. The Hall–Kier alpha value is -1.88. The number of nitrogens with one attached hydrogen (secondary N) is 1. The number of hydrogen-bond acceptors (Lipinski definition) is 3. The highest BCUT2D eigenvalue weighted by atomic mass is 16.7. The number of aryl methyl sites for hydroxylation is 1. The summed E-state index contributed by atoms with van der Waals surface area (Å²) in [6, 6.07) is 1.18. The quantitative estimate of drug-likeness (QED) is 0.288. The van der Waals surface area contributed by atoms with E-state index in [1.165, 1.54) is 10.7 Å². The van der Waals surface area contributed by atoms with Crippen molar-refractivity contribution in [3.8, 4) is 5.88 Å². The van der Waals surface area contributed by atoms with Gasteiger partial charge in [-0.1, -0.05) is 0 Å². The molecule has 0 amide bonds. The average Bonchev–Trinajstić information content (AvgIpc) is 2.26. The summed E-state index contributed by atoms with van der Waals surface area (Å²) >= 11 is 0. The van der Waals surface area contributed by atoms with Gasteiger partial charge in [-0.2, -0.15) is 0 Å². The molecular formula is C4H5N5O2. The highest BCUT2D eigenvalue weighted by Gasteiger charge is 1.98. The lowest BCUT2D eigenvalue weighted by Crippen LogP contribution is -2.00. The van der Waals surface area contributed by atoms with Crippen molar-refractivity contribution in [3.63, 3.8) is 0 Å². The number of H-pyrrole nitrogens is 1. The van der Waals surface area contributed by atoms with Crippen molar-refractivity contribution in [2.24, 2.45) is 12.3 Å². The van der Waals surface area contributed by atoms with Crippen LogP contribution in [0.2, 0.25) is 0 Å². The van der Waals surface area contributed by atoms with Crippen LogP contribution in [0.25, 0.3) is 10.4 Å². The molecular weight excluding hydrogens is 150 g/mol. The number of nitrogens with zero attached hydrogens (tertiary/aromatic N) is 4. The molecule has 0 aliphatic heterocycles. The van der Waals surface area contributed by atoms with Gasteiger partial charge in [0, 0.05) is 12.0 Å². The van der Waals surface area contributed by atoms with E-state index in [-0.39, 0.29) is 11.4 Å². The normalized spacial score (nSPS) is 8.82. The van der Waals surface area contributed by atoms with Gasteiger partial charge in [-0.25, -0.2) is 0 Å². The van der Waals surface area contributed by atoms with Gasteiger partial charge in [-0.15, -0.1) is 0 Å². The minimum absolute atomic E-state index is 0.174. The van der Waals surface area contributed by atoms with E-state index in [0.717, 1.165) is 0 Å². The smallest absolute Gasteiger partial charge is 0.268 e. The fourth-order valence-corrected chi connectivity index (χ4v) is 0.609. The standard InChI is InChI=1S/C4H5N5O2/c1-9-4(11-8-7-5)2-3(10)6-9/h2H,1H3,(H,6,10). The molecule has 7 nitrogen and oxygen atoms in total. The maximum Gasteiger partial charge on any atom is 0.268 e. The van der Waals surface area contributed by atoms with E-state index in [0.29, 0.717) is 0 Å². The third-order valence-electron chi connectivity index (χ3n) is 1.03. The molecule has 11 heavy (non-hydrogen) atoms.